The molecular formula is C32H44N4O8SSi. The molecule has 0 aromatic carbocycles. The molecule has 1 aliphatic heterocycles. The number of nitrogens with zero attached hydrogens (tertiary/aromatic N) is 4. The fraction of sp³-hybridized carbons (Fsp3) is 0.531. The molecule has 0 radical (unpaired) electrons. The maximum atomic E-state index is 14.1. The molecule has 3 aromatic rings. The van der Waals surface area contributed by atoms with Crippen LogP contribution in [0.4, 0.5) is 0 Å². The highest BCUT2D eigenvalue weighted by Crippen LogP contribution is 2.43. The number of aliphatic hydroxyl groups is 1. The molecule has 14 heteroatoms. The molecule has 1 saturated heterocycles. The number of thiazole rings is 1. The number of esters is 1. The van der Waals surface area contributed by atoms with Crippen LogP contribution in [0.25, 0.3) is 4.83 Å². The van der Waals surface area contributed by atoms with Gasteiger partial charge in [-0.1, -0.05) is 40.3 Å². The summed E-state index contributed by atoms with van der Waals surface area (Å²) in [4.78, 5) is 51.4. The Balaban J connectivity index is 1.65. The quantitative estimate of drug-likeness (QED) is 0.0855. The Morgan fingerprint density at radius 2 is 1.89 bits per heavy atom. The molecule has 4 heterocycles. The van der Waals surface area contributed by atoms with Gasteiger partial charge in [-0.2, -0.15) is 0 Å². The number of rotatable bonds is 14. The topological polar surface area (TPSA) is 142 Å². The van der Waals surface area contributed by atoms with Gasteiger partial charge >= 0.3 is 5.97 Å². The second kappa shape index (κ2) is 13.6. The summed E-state index contributed by atoms with van der Waals surface area (Å²) in [5.41, 5.74) is 1.43. The molecule has 4 rings (SSSR count). The number of hydrogen-bond donors (Lipinski definition) is 1. The van der Waals surface area contributed by atoms with Crippen LogP contribution in [-0.4, -0.2) is 89.6 Å². The largest absolute Gasteiger partial charge is 0.496 e. The lowest BCUT2D eigenvalue weighted by Gasteiger charge is -2.53. The molecule has 3 aromatic heterocycles. The van der Waals surface area contributed by atoms with Gasteiger partial charge in [-0.15, -0.1) is 11.3 Å². The number of hydrogen-bond acceptors (Lipinski definition) is 11. The van der Waals surface area contributed by atoms with Gasteiger partial charge in [0, 0.05) is 24.7 Å². The lowest BCUT2D eigenvalue weighted by Crippen LogP contribution is -2.72. The molecule has 1 fully saturated rings. The fourth-order valence-electron chi connectivity index (χ4n) is 5.53. The van der Waals surface area contributed by atoms with Crippen molar-refractivity contribution in [3.8, 4) is 11.6 Å². The summed E-state index contributed by atoms with van der Waals surface area (Å²) in [5.74, 6) is -2.20. The van der Waals surface area contributed by atoms with Crippen molar-refractivity contribution < 1.29 is 38.1 Å². The number of carbonyl (C=O) groups is 3. The molecule has 1 unspecified atom stereocenters. The van der Waals surface area contributed by atoms with E-state index in [-0.39, 0.29) is 17.4 Å². The first-order valence-corrected chi connectivity index (χ1v) is 18.8. The van der Waals surface area contributed by atoms with Gasteiger partial charge in [-0.05, 0) is 31.1 Å². The smallest absolute Gasteiger partial charge is 0.356 e. The summed E-state index contributed by atoms with van der Waals surface area (Å²) in [5, 5.41) is 10.8. The zero-order valence-electron chi connectivity index (χ0n) is 27.9. The minimum Gasteiger partial charge on any atom is -0.496 e. The third kappa shape index (κ3) is 6.61. The van der Waals surface area contributed by atoms with Gasteiger partial charge in [0.2, 0.25) is 18.0 Å². The molecule has 1 aliphatic rings. The van der Waals surface area contributed by atoms with Crippen molar-refractivity contribution in [1.29, 1.82) is 0 Å². The second-order valence-corrected chi connectivity index (χ2v) is 18.8. The van der Waals surface area contributed by atoms with Crippen LogP contribution in [0.3, 0.4) is 0 Å². The van der Waals surface area contributed by atoms with Crippen LogP contribution < -0.4 is 9.47 Å². The van der Waals surface area contributed by atoms with Gasteiger partial charge < -0.3 is 28.6 Å². The number of β-lactam (4-membered cyclic amide) rings is 1. The van der Waals surface area contributed by atoms with Gasteiger partial charge in [0.05, 0.1) is 48.4 Å². The van der Waals surface area contributed by atoms with Crippen molar-refractivity contribution in [2.24, 2.45) is 11.8 Å². The third-order valence-corrected chi connectivity index (χ3v) is 14.8. The van der Waals surface area contributed by atoms with Crippen LogP contribution in [0.5, 0.6) is 11.6 Å². The summed E-state index contributed by atoms with van der Waals surface area (Å²) in [6, 6.07) is 0.935. The van der Waals surface area contributed by atoms with Crippen LogP contribution in [0, 0.1) is 11.8 Å². The highest BCUT2D eigenvalue weighted by Gasteiger charge is 2.58. The molecule has 46 heavy (non-hydrogen) atoms. The monoisotopic (exact) mass is 672 g/mol. The van der Waals surface area contributed by atoms with Crippen LogP contribution in [-0.2, 0) is 25.2 Å². The average molecular weight is 673 g/mol. The van der Waals surface area contributed by atoms with Crippen molar-refractivity contribution in [3.63, 3.8) is 0 Å². The summed E-state index contributed by atoms with van der Waals surface area (Å²) < 4.78 is 24.4. The summed E-state index contributed by atoms with van der Waals surface area (Å²) in [6.45, 7) is 17.4. The SMILES string of the molecule is C=CCOC(=O)C(O)N1C(=O)[C@H]([C@@H](C)O[Si](C)(C)C(C)(C)C)[C@H]1[C@@H](C)C(=O)c1cn2cnc(Cc3c(OC)ccnc3OC)c2s1. The van der Waals surface area contributed by atoms with Crippen molar-refractivity contribution in [2.45, 2.75) is 77.5 Å². The number of methoxy groups -OCH3 is 2. The van der Waals surface area contributed by atoms with Gasteiger partial charge in [0.15, 0.2) is 14.1 Å². The van der Waals surface area contributed by atoms with Gasteiger partial charge in [-0.25, -0.2) is 14.8 Å². The van der Waals surface area contributed by atoms with Gasteiger partial charge in [0.25, 0.3) is 0 Å². The van der Waals surface area contributed by atoms with E-state index in [1.165, 1.54) is 24.5 Å². The standard InChI is InChI=1S/C32H44N4O8SSi/c1-11-14-43-31(40)29(39)36-25(24(28(36)38)19(3)44-46(9,10)32(4,5)6)18(2)26(37)23-16-35-17-34-21(30(35)45-23)15-20-22(41-7)12-13-33-27(20)42-8/h11-13,16-19,24-25,29,39H,1,14-15H2,2-10H3/t18-,19-,24-,25-,29?/m1/s1. The molecule has 250 valence electrons. The van der Waals surface area contributed by atoms with Crippen molar-refractivity contribution in [2.75, 3.05) is 20.8 Å². The number of fused-ring (bicyclic) bond motifs is 1. The molecule has 12 nitrogen and oxygen atoms in total. The predicted molar refractivity (Wildman–Crippen MR) is 176 cm³/mol. The summed E-state index contributed by atoms with van der Waals surface area (Å²) in [7, 11) is 0.801. The summed E-state index contributed by atoms with van der Waals surface area (Å²) in [6.07, 6.45) is 4.24. The number of carbonyl (C=O) groups excluding carboxylic acids is 3. The molecule has 0 spiro atoms. The number of amides is 1. The van der Waals surface area contributed by atoms with E-state index in [0.29, 0.717) is 28.6 Å². The molecule has 0 saturated carbocycles. The Morgan fingerprint density at radius 1 is 1.20 bits per heavy atom. The number of aliphatic hydroxyl groups excluding tert-OH is 1. The maximum Gasteiger partial charge on any atom is 0.356 e. The lowest BCUT2D eigenvalue weighted by atomic mass is 9.74. The van der Waals surface area contributed by atoms with Gasteiger partial charge in [-0.3, -0.25) is 14.0 Å². The molecule has 1 N–H and O–H groups in total. The molecule has 1 amide bonds. The van der Waals surface area contributed by atoms with E-state index in [9.17, 15) is 19.5 Å². The molecule has 0 bridgehead atoms. The van der Waals surface area contributed by atoms with Crippen molar-refractivity contribution >= 4 is 42.1 Å². The first-order chi connectivity index (χ1) is 21.6. The van der Waals surface area contributed by atoms with E-state index in [0.717, 1.165) is 15.3 Å². The van der Waals surface area contributed by atoms with Gasteiger partial charge in [0.1, 0.15) is 23.5 Å². The number of ether oxygens (including phenoxy) is 3. The lowest BCUT2D eigenvalue weighted by molar-refractivity contribution is -0.198. The normalized spacial score (nSPS) is 18.9. The molecule has 0 aliphatic carbocycles. The Morgan fingerprint density at radius 3 is 2.50 bits per heavy atom. The van der Waals surface area contributed by atoms with E-state index in [1.807, 2.05) is 6.92 Å². The van der Waals surface area contributed by atoms with Crippen LogP contribution in [0.1, 0.15) is 55.5 Å². The Labute approximate surface area is 274 Å². The average Bonchev–Trinajstić information content (AvgIpc) is 3.58. The Kier molecular flexibility index (Phi) is 10.5. The number of aromatic nitrogens is 3. The fourth-order valence-corrected chi connectivity index (χ4v) is 8.07. The third-order valence-electron chi connectivity index (χ3n) is 9.02. The Bertz CT molecular complexity index is 1590. The number of Topliss-reactive ketones (excluding diaryl/α,β-unsaturated/α-hetero) is 1. The van der Waals surface area contributed by atoms with Crippen LogP contribution >= 0.6 is 11.3 Å². The maximum absolute atomic E-state index is 14.1. The van der Waals surface area contributed by atoms with Crippen molar-refractivity contribution in [1.82, 2.24) is 19.3 Å². The van der Waals surface area contributed by atoms with E-state index in [1.54, 1.807) is 43.2 Å². The zero-order valence-corrected chi connectivity index (χ0v) is 29.7. The number of imidazole rings is 1. The number of pyridine rings is 1. The Hall–Kier alpha value is -3.59. The highest BCUT2D eigenvalue weighted by molar-refractivity contribution is 7.19. The first-order valence-electron chi connectivity index (χ1n) is 15.1. The van der Waals surface area contributed by atoms with Crippen LogP contribution in [0.15, 0.2) is 37.4 Å². The molecular weight excluding hydrogens is 629 g/mol. The minimum absolute atomic E-state index is 0.118. The summed E-state index contributed by atoms with van der Waals surface area (Å²) >= 11 is 1.27. The number of ketones is 1. The molecule has 5 atom stereocenters. The first kappa shape index (κ1) is 35.3. The van der Waals surface area contributed by atoms with Crippen molar-refractivity contribution in [3.05, 3.63) is 53.6 Å². The van der Waals surface area contributed by atoms with E-state index >= 15 is 0 Å². The van der Waals surface area contributed by atoms with Crippen LogP contribution in [0.2, 0.25) is 18.1 Å². The van der Waals surface area contributed by atoms with E-state index in [4.69, 9.17) is 18.6 Å². The highest BCUT2D eigenvalue weighted by atomic mass is 32.1. The van der Waals surface area contributed by atoms with E-state index < -0.39 is 50.4 Å². The number of likely N-dealkylation sites (tertiary alicyclic amines) is 1. The van der Waals surface area contributed by atoms with E-state index in [2.05, 4.69) is 50.4 Å². The second-order valence-electron chi connectivity index (χ2n) is 13.0. The zero-order chi connectivity index (χ0) is 34.1. The minimum atomic E-state index is -2.30. The predicted octanol–water partition coefficient (Wildman–Crippen LogP) is 4.50.